The Balaban J connectivity index is 1.62. The largest absolute Gasteiger partial charge is 0.337 e. The summed E-state index contributed by atoms with van der Waals surface area (Å²) in [6.45, 7) is 3.55. The van der Waals surface area contributed by atoms with E-state index in [0.717, 1.165) is 25.1 Å². The zero-order valence-electron chi connectivity index (χ0n) is 13.7. The van der Waals surface area contributed by atoms with E-state index in [-0.39, 0.29) is 11.7 Å². The number of carbonyl (C=O) groups excluding carboxylic acids is 1. The molecule has 0 aromatic heterocycles. The molecule has 3 nitrogen and oxygen atoms in total. The Kier molecular flexibility index (Phi) is 5.81. The average molecular weight is 409 g/mol. The van der Waals surface area contributed by atoms with Gasteiger partial charge >= 0.3 is 0 Å². The second-order valence-electron chi connectivity index (χ2n) is 6.18. The molecule has 0 radical (unpaired) electrons. The van der Waals surface area contributed by atoms with Crippen LogP contribution in [0.2, 0.25) is 0 Å². The highest BCUT2D eigenvalue weighted by Gasteiger charge is 2.20. The first-order valence-corrected chi connectivity index (χ1v) is 9.03. The highest BCUT2D eigenvalue weighted by atomic mass is 79.9. The lowest BCUT2D eigenvalue weighted by molar-refractivity contribution is 0.0760. The lowest BCUT2D eigenvalue weighted by Gasteiger charge is -2.22. The molecule has 1 heterocycles. The quantitative estimate of drug-likeness (QED) is 0.763. The lowest BCUT2D eigenvalue weighted by Crippen LogP contribution is -2.35. The number of carbonyl (C=O) groups is 1. The summed E-state index contributed by atoms with van der Waals surface area (Å²) >= 11 is 3.21. The second kappa shape index (κ2) is 8.06. The summed E-state index contributed by atoms with van der Waals surface area (Å²) in [5.74, 6) is -0.804. The Bertz CT molecular complexity index is 769. The van der Waals surface area contributed by atoms with Gasteiger partial charge in [-0.1, -0.05) is 12.1 Å². The Morgan fingerprint density at radius 3 is 2.64 bits per heavy atom. The molecule has 2 aromatic carbocycles. The van der Waals surface area contributed by atoms with E-state index in [1.165, 1.54) is 18.2 Å². The van der Waals surface area contributed by atoms with Crippen LogP contribution >= 0.6 is 15.9 Å². The number of nitrogens with zero attached hydrogens (tertiary/aromatic N) is 2. The molecule has 0 bridgehead atoms. The van der Waals surface area contributed by atoms with Gasteiger partial charge in [0.2, 0.25) is 0 Å². The topological polar surface area (TPSA) is 23.6 Å². The summed E-state index contributed by atoms with van der Waals surface area (Å²) in [5, 5.41) is 0. The van der Waals surface area contributed by atoms with Crippen molar-refractivity contribution in [1.29, 1.82) is 0 Å². The van der Waals surface area contributed by atoms with Crippen LogP contribution in [0.4, 0.5) is 8.78 Å². The number of benzene rings is 2. The number of hydrogen-bond donors (Lipinski definition) is 0. The standard InChI is InChI=1S/C19H19BrF2N2O/c20-17-11-14(5-6-18(17)22)13-23-7-2-8-24(10-9-23)19(25)15-3-1-4-16(21)12-15/h1,3-6,11-12H,2,7-10,13H2. The Hall–Kier alpha value is -1.79. The molecule has 0 unspecified atom stereocenters. The molecular formula is C19H19BrF2N2O. The number of halogens is 3. The minimum Gasteiger partial charge on any atom is -0.337 e. The van der Waals surface area contributed by atoms with Crippen molar-refractivity contribution in [3.63, 3.8) is 0 Å². The normalized spacial score (nSPS) is 15.9. The molecule has 0 atom stereocenters. The molecule has 0 spiro atoms. The summed E-state index contributed by atoms with van der Waals surface area (Å²) in [5.41, 5.74) is 1.41. The molecule has 1 aliphatic heterocycles. The molecule has 1 amide bonds. The summed E-state index contributed by atoms with van der Waals surface area (Å²) < 4.78 is 27.1. The fourth-order valence-electron chi connectivity index (χ4n) is 3.03. The minimum absolute atomic E-state index is 0.133. The van der Waals surface area contributed by atoms with E-state index in [1.54, 1.807) is 29.2 Å². The second-order valence-corrected chi connectivity index (χ2v) is 7.04. The van der Waals surface area contributed by atoms with Gasteiger partial charge in [-0.2, -0.15) is 0 Å². The molecule has 6 heteroatoms. The van der Waals surface area contributed by atoms with E-state index >= 15 is 0 Å². The van der Waals surface area contributed by atoms with Gasteiger partial charge in [0.25, 0.3) is 5.91 Å². The van der Waals surface area contributed by atoms with Gasteiger partial charge < -0.3 is 4.90 Å². The van der Waals surface area contributed by atoms with Crippen LogP contribution in [0.5, 0.6) is 0 Å². The van der Waals surface area contributed by atoms with Crippen molar-refractivity contribution in [3.05, 3.63) is 69.7 Å². The van der Waals surface area contributed by atoms with Crippen LogP contribution in [0.1, 0.15) is 22.3 Å². The average Bonchev–Trinajstić information content (AvgIpc) is 2.83. The maximum atomic E-state index is 13.3. The molecule has 1 aliphatic rings. The monoisotopic (exact) mass is 408 g/mol. The maximum Gasteiger partial charge on any atom is 0.254 e. The van der Waals surface area contributed by atoms with Gasteiger partial charge in [-0.3, -0.25) is 9.69 Å². The van der Waals surface area contributed by atoms with Gasteiger partial charge in [-0.25, -0.2) is 8.78 Å². The van der Waals surface area contributed by atoms with Crippen molar-refractivity contribution in [2.45, 2.75) is 13.0 Å². The molecule has 0 N–H and O–H groups in total. The van der Waals surface area contributed by atoms with E-state index in [4.69, 9.17) is 0 Å². The first-order chi connectivity index (χ1) is 12.0. The molecule has 0 aliphatic carbocycles. The van der Waals surface area contributed by atoms with Crippen molar-refractivity contribution in [2.24, 2.45) is 0 Å². The van der Waals surface area contributed by atoms with Crippen LogP contribution < -0.4 is 0 Å². The summed E-state index contributed by atoms with van der Waals surface area (Å²) in [6, 6.07) is 10.8. The summed E-state index contributed by atoms with van der Waals surface area (Å²) in [4.78, 5) is 16.6. The third-order valence-corrected chi connectivity index (χ3v) is 4.95. The zero-order chi connectivity index (χ0) is 17.8. The molecule has 132 valence electrons. The zero-order valence-corrected chi connectivity index (χ0v) is 15.3. The first-order valence-electron chi connectivity index (χ1n) is 8.24. The fourth-order valence-corrected chi connectivity index (χ4v) is 3.46. The van der Waals surface area contributed by atoms with Crippen molar-refractivity contribution < 1.29 is 13.6 Å². The van der Waals surface area contributed by atoms with Crippen molar-refractivity contribution in [3.8, 4) is 0 Å². The highest BCUT2D eigenvalue weighted by Crippen LogP contribution is 2.19. The Labute approximate surface area is 154 Å². The SMILES string of the molecule is O=C(c1cccc(F)c1)N1CCCN(Cc2ccc(F)c(Br)c2)CC1. The van der Waals surface area contributed by atoms with E-state index in [9.17, 15) is 13.6 Å². The van der Waals surface area contributed by atoms with E-state index in [0.29, 0.717) is 29.7 Å². The van der Waals surface area contributed by atoms with Gasteiger partial charge in [0.05, 0.1) is 4.47 Å². The van der Waals surface area contributed by atoms with Gasteiger partial charge in [-0.15, -0.1) is 0 Å². The number of hydrogen-bond acceptors (Lipinski definition) is 2. The predicted octanol–water partition coefficient (Wildman–Crippen LogP) is 4.08. The van der Waals surface area contributed by atoms with Crippen LogP contribution in [-0.4, -0.2) is 41.9 Å². The summed E-state index contributed by atoms with van der Waals surface area (Å²) in [6.07, 6.45) is 0.851. The van der Waals surface area contributed by atoms with Crippen LogP contribution in [0.15, 0.2) is 46.9 Å². The van der Waals surface area contributed by atoms with Crippen molar-refractivity contribution in [1.82, 2.24) is 9.80 Å². The maximum absolute atomic E-state index is 13.3. The molecule has 25 heavy (non-hydrogen) atoms. The third kappa shape index (κ3) is 4.64. The predicted molar refractivity (Wildman–Crippen MR) is 96.3 cm³/mol. The van der Waals surface area contributed by atoms with Gasteiger partial charge in [0.15, 0.2) is 0 Å². The van der Waals surface area contributed by atoms with Crippen LogP contribution in [-0.2, 0) is 6.54 Å². The van der Waals surface area contributed by atoms with E-state index in [1.807, 2.05) is 0 Å². The molecule has 2 aromatic rings. The van der Waals surface area contributed by atoms with Crippen LogP contribution in [0.3, 0.4) is 0 Å². The van der Waals surface area contributed by atoms with Gasteiger partial charge in [0.1, 0.15) is 11.6 Å². The molecule has 1 saturated heterocycles. The minimum atomic E-state index is -0.399. The Morgan fingerprint density at radius 1 is 1.04 bits per heavy atom. The lowest BCUT2D eigenvalue weighted by atomic mass is 10.2. The van der Waals surface area contributed by atoms with Crippen molar-refractivity contribution in [2.75, 3.05) is 26.2 Å². The summed E-state index contributed by atoms with van der Waals surface area (Å²) in [7, 11) is 0. The van der Waals surface area contributed by atoms with Crippen LogP contribution in [0, 0.1) is 11.6 Å². The molecule has 1 fully saturated rings. The van der Waals surface area contributed by atoms with Gasteiger partial charge in [0, 0.05) is 38.3 Å². The van der Waals surface area contributed by atoms with E-state index in [2.05, 4.69) is 20.8 Å². The third-order valence-electron chi connectivity index (χ3n) is 4.34. The van der Waals surface area contributed by atoms with Crippen molar-refractivity contribution >= 4 is 21.8 Å². The number of rotatable bonds is 3. The highest BCUT2D eigenvalue weighted by molar-refractivity contribution is 9.10. The first kappa shape index (κ1) is 18.0. The Morgan fingerprint density at radius 2 is 1.88 bits per heavy atom. The van der Waals surface area contributed by atoms with Gasteiger partial charge in [-0.05, 0) is 58.2 Å². The van der Waals surface area contributed by atoms with E-state index < -0.39 is 5.82 Å². The molecule has 0 saturated carbocycles. The number of amides is 1. The molecule has 3 rings (SSSR count). The smallest absolute Gasteiger partial charge is 0.254 e. The molecular weight excluding hydrogens is 390 g/mol. The van der Waals surface area contributed by atoms with Crippen LogP contribution in [0.25, 0.3) is 0 Å². The fraction of sp³-hybridized carbons (Fsp3) is 0.316.